The number of anilines is 4. The second kappa shape index (κ2) is 14.7. The molecule has 14 heteroatoms. The Hall–Kier alpha value is -4.50. The molecule has 0 saturated carbocycles. The molecule has 0 radical (unpaired) electrons. The van der Waals surface area contributed by atoms with Crippen molar-refractivity contribution in [3.63, 3.8) is 0 Å². The molecule has 1 aliphatic heterocycles. The van der Waals surface area contributed by atoms with Crippen LogP contribution in [0.4, 0.5) is 27.3 Å². The summed E-state index contributed by atoms with van der Waals surface area (Å²) in [4.78, 5) is 20.8. The third-order valence-corrected chi connectivity index (χ3v) is 7.71. The summed E-state index contributed by atoms with van der Waals surface area (Å²) in [5.41, 5.74) is 4.78. The molecule has 0 saturated heterocycles. The summed E-state index contributed by atoms with van der Waals surface area (Å²) in [5, 5.41) is 7.16. The molecule has 3 N–H and O–H groups in total. The summed E-state index contributed by atoms with van der Waals surface area (Å²) in [6.45, 7) is 10.3. The Morgan fingerprint density at radius 2 is 1.88 bits per heavy atom. The fourth-order valence-corrected chi connectivity index (χ4v) is 5.63. The van der Waals surface area contributed by atoms with Gasteiger partial charge in [0.15, 0.2) is 0 Å². The lowest BCUT2D eigenvalue weighted by atomic mass is 10.0. The van der Waals surface area contributed by atoms with E-state index in [9.17, 15) is 13.2 Å². The molecule has 0 fully saturated rings. The summed E-state index contributed by atoms with van der Waals surface area (Å²) in [7, 11) is 3.88. The molecule has 3 heterocycles. The first-order chi connectivity index (χ1) is 22.5. The van der Waals surface area contributed by atoms with E-state index in [0.29, 0.717) is 48.0 Å². The van der Waals surface area contributed by atoms with Crippen molar-refractivity contribution in [2.45, 2.75) is 26.0 Å². The van der Waals surface area contributed by atoms with Crippen LogP contribution in [0.25, 0.3) is 22.0 Å². The fourth-order valence-electron chi connectivity index (χ4n) is 5.63. The average Bonchev–Trinajstić information content (AvgIpc) is 3.35. The molecular formula is C34H43FN6O6S. The molecule has 0 unspecified atom stereocenters. The number of amides is 1. The van der Waals surface area contributed by atoms with E-state index in [0.717, 1.165) is 40.9 Å². The third kappa shape index (κ3) is 8.50. The Morgan fingerprint density at radius 1 is 1.19 bits per heavy atom. The number of methoxy groups -OCH3 is 1. The fraction of sp³-hybridized carbons (Fsp3) is 0.353. The minimum atomic E-state index is -3.67. The molecule has 4 aromatic rings. The Morgan fingerprint density at radius 3 is 2.52 bits per heavy atom. The van der Waals surface area contributed by atoms with Gasteiger partial charge < -0.3 is 34.5 Å². The number of para-hydroxylation sites is 1. The summed E-state index contributed by atoms with van der Waals surface area (Å²) in [6.07, 6.45) is 3.16. The summed E-state index contributed by atoms with van der Waals surface area (Å²) < 4.78 is 55.4. The van der Waals surface area contributed by atoms with Crippen LogP contribution in [0.5, 0.6) is 5.75 Å². The number of likely N-dealkylation sites (N-methyl/N-ethyl adjacent to an activating group) is 2. The Bertz CT molecular complexity index is 1920. The van der Waals surface area contributed by atoms with Crippen molar-refractivity contribution in [2.24, 2.45) is 0 Å². The van der Waals surface area contributed by atoms with Gasteiger partial charge >= 0.3 is 0 Å². The van der Waals surface area contributed by atoms with E-state index in [2.05, 4.69) is 51.6 Å². The quantitative estimate of drug-likeness (QED) is 0.146. The zero-order valence-corrected chi connectivity index (χ0v) is 29.1. The maximum absolute atomic E-state index is 15.6. The molecule has 0 aliphatic carbocycles. The number of hydrogen-bond donors (Lipinski definition) is 3. The maximum Gasteiger partial charge on any atom is 0.261 e. The van der Waals surface area contributed by atoms with Gasteiger partial charge in [0.1, 0.15) is 17.4 Å². The Balaban J connectivity index is 0.000000968. The highest BCUT2D eigenvalue weighted by Crippen LogP contribution is 2.43. The number of fused-ring (bicyclic) bond motifs is 3. The molecule has 0 spiro atoms. The second-order valence-corrected chi connectivity index (χ2v) is 13.8. The van der Waals surface area contributed by atoms with E-state index >= 15 is 4.39 Å². The highest BCUT2D eigenvalue weighted by Gasteiger charge is 2.33. The van der Waals surface area contributed by atoms with Gasteiger partial charge in [-0.05, 0) is 52.2 Å². The maximum atomic E-state index is 15.6. The highest BCUT2D eigenvalue weighted by atomic mass is 32.2. The number of nitrogens with zero attached hydrogens (tertiary/aromatic N) is 4. The lowest BCUT2D eigenvalue weighted by Gasteiger charge is -2.34. The van der Waals surface area contributed by atoms with Crippen LogP contribution in [0.3, 0.4) is 0 Å². The molecule has 1 amide bonds. The topological polar surface area (TPSA) is 138 Å². The molecule has 0 bridgehead atoms. The first-order valence-corrected chi connectivity index (χ1v) is 17.0. The van der Waals surface area contributed by atoms with Crippen LogP contribution in [-0.4, -0.2) is 87.5 Å². The minimum Gasteiger partial charge on any atom is -0.494 e. The van der Waals surface area contributed by atoms with Gasteiger partial charge in [-0.1, -0.05) is 24.8 Å². The zero-order valence-electron chi connectivity index (χ0n) is 28.3. The number of benzene rings is 2. The highest BCUT2D eigenvalue weighted by molar-refractivity contribution is 7.85. The van der Waals surface area contributed by atoms with Crippen LogP contribution in [-0.2, 0) is 31.8 Å². The average molecular weight is 683 g/mol. The smallest absolute Gasteiger partial charge is 0.261 e. The van der Waals surface area contributed by atoms with Crippen molar-refractivity contribution >= 4 is 49.8 Å². The van der Waals surface area contributed by atoms with Crippen LogP contribution >= 0.6 is 0 Å². The lowest BCUT2D eigenvalue weighted by molar-refractivity contribution is -0.111. The first-order valence-electron chi connectivity index (χ1n) is 15.1. The molecule has 1 aliphatic rings. The van der Waals surface area contributed by atoms with Gasteiger partial charge in [0.05, 0.1) is 61.1 Å². The van der Waals surface area contributed by atoms with Gasteiger partial charge in [-0.2, -0.15) is 8.42 Å². The van der Waals surface area contributed by atoms with Crippen LogP contribution in [0.2, 0.25) is 0 Å². The Kier molecular flexibility index (Phi) is 11.1. The summed E-state index contributed by atoms with van der Waals surface area (Å²) in [6, 6.07) is 13.4. The van der Waals surface area contributed by atoms with Gasteiger partial charge in [-0.3, -0.25) is 9.35 Å². The van der Waals surface area contributed by atoms with Gasteiger partial charge in [0.25, 0.3) is 10.1 Å². The largest absolute Gasteiger partial charge is 0.494 e. The molecule has 12 nitrogen and oxygen atoms in total. The van der Waals surface area contributed by atoms with E-state index < -0.39 is 15.9 Å². The van der Waals surface area contributed by atoms with E-state index in [4.69, 9.17) is 14.0 Å². The molecule has 48 heavy (non-hydrogen) atoms. The second-order valence-electron chi connectivity index (χ2n) is 12.4. The van der Waals surface area contributed by atoms with Crippen LogP contribution in [0, 0.1) is 5.82 Å². The number of carbonyl (C=O) groups is 1. The molecule has 258 valence electrons. The molecular weight excluding hydrogens is 639 g/mol. The van der Waals surface area contributed by atoms with Crippen molar-refractivity contribution in [3.05, 3.63) is 72.8 Å². The summed E-state index contributed by atoms with van der Waals surface area (Å²) in [5.74, 6) is 0.190. The number of pyridine rings is 1. The number of halogens is 1. The molecule has 2 aromatic carbocycles. The van der Waals surface area contributed by atoms with Crippen molar-refractivity contribution in [3.8, 4) is 16.9 Å². The third-order valence-electron chi connectivity index (χ3n) is 7.71. The summed E-state index contributed by atoms with van der Waals surface area (Å²) >= 11 is 0. The van der Waals surface area contributed by atoms with E-state index in [1.54, 1.807) is 19.2 Å². The van der Waals surface area contributed by atoms with Gasteiger partial charge in [-0.25, -0.2) is 9.37 Å². The van der Waals surface area contributed by atoms with E-state index in [-0.39, 0.29) is 11.4 Å². The number of aromatic nitrogens is 2. The number of nitrogens with one attached hydrogen (secondary N) is 2. The molecule has 0 atom stereocenters. The van der Waals surface area contributed by atoms with Crippen LogP contribution in [0.1, 0.15) is 19.5 Å². The normalized spacial score (nSPS) is 13.7. The number of ether oxygens (including phenoxy) is 2. The van der Waals surface area contributed by atoms with Crippen molar-refractivity contribution in [1.82, 2.24) is 14.5 Å². The van der Waals surface area contributed by atoms with E-state index in [1.165, 1.54) is 12.3 Å². The van der Waals surface area contributed by atoms with Crippen molar-refractivity contribution < 1.29 is 31.6 Å². The lowest BCUT2D eigenvalue weighted by Crippen LogP contribution is -2.37. The van der Waals surface area contributed by atoms with Crippen LogP contribution in [0.15, 0.2) is 61.3 Å². The van der Waals surface area contributed by atoms with Crippen molar-refractivity contribution in [2.75, 3.05) is 69.7 Å². The van der Waals surface area contributed by atoms with E-state index in [1.807, 2.05) is 50.3 Å². The van der Waals surface area contributed by atoms with Gasteiger partial charge in [0.2, 0.25) is 5.91 Å². The van der Waals surface area contributed by atoms with Gasteiger partial charge in [-0.15, -0.1) is 0 Å². The van der Waals surface area contributed by atoms with Crippen LogP contribution < -0.4 is 20.3 Å². The number of carbonyl (C=O) groups excluding carboxylic acids is 1. The molecule has 2 aromatic heterocycles. The predicted molar refractivity (Wildman–Crippen MR) is 189 cm³/mol. The SMILES string of the molecule is C=CC(=O)Nc1cc(Nc2cc(-c3c4n(c5ccccc35)C(C)(C)COC4)c(F)cn2)c(OC)cc1N(C)CCN(C)C.CS(=O)(=O)O. The van der Waals surface area contributed by atoms with Crippen molar-refractivity contribution in [1.29, 1.82) is 0 Å². The molecule has 5 rings (SSSR count). The number of hydrogen-bond acceptors (Lipinski definition) is 9. The zero-order chi connectivity index (χ0) is 35.4. The standard InChI is InChI=1S/C33H39FN6O3.CH4O3S/c1-8-31(41)37-24-16-25(29(42-7)17-27(24)39(6)14-13-38(4)5)36-30-15-22(23(34)18-35-30)32-21-11-9-10-12-26(21)40-28(32)19-43-20-33(40,2)3;1-5(2,3)4/h8-12,15-18H,1,13-14,19-20H2,2-7H3,(H,35,36)(H,37,41);1H3,(H,2,3,4). The monoisotopic (exact) mass is 682 g/mol. The predicted octanol–water partition coefficient (Wildman–Crippen LogP) is 5.49. The number of rotatable bonds is 10. The minimum absolute atomic E-state index is 0.295. The van der Waals surface area contributed by atoms with Gasteiger partial charge in [0, 0.05) is 48.2 Å². The Labute approximate surface area is 280 Å². The first kappa shape index (κ1) is 36.3.